The number of nitro benzene ring substituents is 1. The zero-order valence-corrected chi connectivity index (χ0v) is 10.6. The van der Waals surface area contributed by atoms with Gasteiger partial charge in [-0.3, -0.25) is 14.9 Å². The lowest BCUT2D eigenvalue weighted by Crippen LogP contribution is -2.49. The Morgan fingerprint density at radius 2 is 2.00 bits per heavy atom. The highest BCUT2D eigenvalue weighted by molar-refractivity contribution is 5.77. The van der Waals surface area contributed by atoms with Gasteiger partial charge in [-0.15, -0.1) is 0 Å². The van der Waals surface area contributed by atoms with Crippen molar-refractivity contribution in [1.29, 1.82) is 0 Å². The van der Waals surface area contributed by atoms with E-state index < -0.39 is 4.92 Å². The standard InChI is InChI=1S/C13H17N3O3/c14-13(6-1-7-13)8-12(17)15-9-10-2-4-11(5-3-10)16(18)19/h2-5H,1,6-9,14H2,(H,15,17). The Bertz CT molecular complexity index is 480. The van der Waals surface area contributed by atoms with Crippen LogP contribution in [0.5, 0.6) is 0 Å². The monoisotopic (exact) mass is 263 g/mol. The largest absolute Gasteiger partial charge is 0.352 e. The molecule has 102 valence electrons. The third-order valence-corrected chi connectivity index (χ3v) is 3.50. The second kappa shape index (κ2) is 5.36. The molecule has 1 amide bonds. The van der Waals surface area contributed by atoms with Crippen molar-refractivity contribution in [2.45, 2.75) is 37.8 Å². The van der Waals surface area contributed by atoms with Crippen LogP contribution in [-0.2, 0) is 11.3 Å². The Morgan fingerprint density at radius 3 is 2.47 bits per heavy atom. The van der Waals surface area contributed by atoms with Gasteiger partial charge in [0.15, 0.2) is 0 Å². The molecule has 3 N–H and O–H groups in total. The molecule has 0 aliphatic heterocycles. The molecule has 0 bridgehead atoms. The van der Waals surface area contributed by atoms with Crippen LogP contribution in [0.1, 0.15) is 31.2 Å². The highest BCUT2D eigenvalue weighted by atomic mass is 16.6. The number of nitrogens with two attached hydrogens (primary N) is 1. The second-order valence-corrected chi connectivity index (χ2v) is 5.09. The molecule has 0 saturated heterocycles. The van der Waals surface area contributed by atoms with Crippen LogP contribution in [0.25, 0.3) is 0 Å². The Kier molecular flexibility index (Phi) is 3.80. The molecule has 1 aliphatic carbocycles. The molecule has 0 heterocycles. The Labute approximate surface area is 111 Å². The van der Waals surface area contributed by atoms with Gasteiger partial charge in [0.05, 0.1) is 4.92 Å². The smallest absolute Gasteiger partial charge is 0.269 e. The fourth-order valence-electron chi connectivity index (χ4n) is 2.13. The molecular weight excluding hydrogens is 246 g/mol. The Hall–Kier alpha value is -1.95. The summed E-state index contributed by atoms with van der Waals surface area (Å²) in [5, 5.41) is 13.3. The van der Waals surface area contributed by atoms with Gasteiger partial charge >= 0.3 is 0 Å². The van der Waals surface area contributed by atoms with Crippen molar-refractivity contribution in [2.75, 3.05) is 0 Å². The number of nitrogens with one attached hydrogen (secondary N) is 1. The lowest BCUT2D eigenvalue weighted by molar-refractivity contribution is -0.384. The normalized spacial score (nSPS) is 16.5. The van der Waals surface area contributed by atoms with E-state index in [1.807, 2.05) is 0 Å². The summed E-state index contributed by atoms with van der Waals surface area (Å²) in [6.07, 6.45) is 3.24. The van der Waals surface area contributed by atoms with Crippen LogP contribution in [0.4, 0.5) is 5.69 Å². The summed E-state index contributed by atoms with van der Waals surface area (Å²) in [5.41, 5.74) is 6.55. The van der Waals surface area contributed by atoms with Crippen LogP contribution in [0.3, 0.4) is 0 Å². The van der Waals surface area contributed by atoms with Gasteiger partial charge < -0.3 is 11.1 Å². The van der Waals surface area contributed by atoms with Crippen LogP contribution in [0.15, 0.2) is 24.3 Å². The predicted molar refractivity (Wildman–Crippen MR) is 70.3 cm³/mol. The Morgan fingerprint density at radius 1 is 1.37 bits per heavy atom. The third kappa shape index (κ3) is 3.51. The topological polar surface area (TPSA) is 98.3 Å². The molecule has 0 atom stereocenters. The summed E-state index contributed by atoms with van der Waals surface area (Å²) in [6, 6.07) is 6.13. The summed E-state index contributed by atoms with van der Waals surface area (Å²) >= 11 is 0. The molecule has 1 aromatic carbocycles. The van der Waals surface area contributed by atoms with E-state index in [4.69, 9.17) is 5.73 Å². The molecule has 1 fully saturated rings. The number of hydrogen-bond donors (Lipinski definition) is 2. The third-order valence-electron chi connectivity index (χ3n) is 3.50. The van der Waals surface area contributed by atoms with Gasteiger partial charge in [0.2, 0.25) is 5.91 Å². The molecule has 0 aromatic heterocycles. The summed E-state index contributed by atoms with van der Waals surface area (Å²) in [4.78, 5) is 21.7. The van der Waals surface area contributed by atoms with Crippen LogP contribution < -0.4 is 11.1 Å². The summed E-state index contributed by atoms with van der Waals surface area (Å²) in [6.45, 7) is 0.368. The first kappa shape index (κ1) is 13.5. The molecule has 0 spiro atoms. The van der Waals surface area contributed by atoms with Gasteiger partial charge in [-0.05, 0) is 24.8 Å². The average Bonchev–Trinajstić information content (AvgIpc) is 2.35. The number of non-ortho nitro benzene ring substituents is 1. The minimum absolute atomic E-state index is 0.0467. The number of hydrogen-bond acceptors (Lipinski definition) is 4. The van der Waals surface area contributed by atoms with Crippen LogP contribution >= 0.6 is 0 Å². The van der Waals surface area contributed by atoms with E-state index in [2.05, 4.69) is 5.32 Å². The van der Waals surface area contributed by atoms with Crippen LogP contribution in [-0.4, -0.2) is 16.4 Å². The first-order valence-electron chi connectivity index (χ1n) is 6.27. The van der Waals surface area contributed by atoms with Crippen molar-refractivity contribution in [1.82, 2.24) is 5.32 Å². The van der Waals surface area contributed by atoms with Gasteiger partial charge in [0, 0.05) is 30.6 Å². The van der Waals surface area contributed by atoms with Gasteiger partial charge in [-0.2, -0.15) is 0 Å². The fourth-order valence-corrected chi connectivity index (χ4v) is 2.13. The van der Waals surface area contributed by atoms with Gasteiger partial charge in [-0.25, -0.2) is 0 Å². The van der Waals surface area contributed by atoms with E-state index in [9.17, 15) is 14.9 Å². The maximum Gasteiger partial charge on any atom is 0.269 e. The first-order valence-corrected chi connectivity index (χ1v) is 6.27. The fraction of sp³-hybridized carbons (Fsp3) is 0.462. The molecule has 1 saturated carbocycles. The number of nitro groups is 1. The number of amides is 1. The van der Waals surface area contributed by atoms with E-state index in [0.717, 1.165) is 24.8 Å². The van der Waals surface area contributed by atoms with Crippen LogP contribution in [0, 0.1) is 10.1 Å². The number of rotatable bonds is 5. The number of carbonyl (C=O) groups excluding carboxylic acids is 1. The number of benzene rings is 1. The minimum Gasteiger partial charge on any atom is -0.352 e. The van der Waals surface area contributed by atoms with Crippen LogP contribution in [0.2, 0.25) is 0 Å². The lowest BCUT2D eigenvalue weighted by Gasteiger charge is -2.37. The van der Waals surface area contributed by atoms with Gasteiger partial charge in [-0.1, -0.05) is 12.1 Å². The SMILES string of the molecule is NC1(CC(=O)NCc2ccc([N+](=O)[O-])cc2)CCC1. The average molecular weight is 263 g/mol. The molecule has 6 nitrogen and oxygen atoms in total. The zero-order chi connectivity index (χ0) is 13.9. The molecule has 1 aliphatic rings. The molecule has 0 radical (unpaired) electrons. The van der Waals surface area contributed by atoms with Crippen molar-refractivity contribution >= 4 is 11.6 Å². The quantitative estimate of drug-likeness (QED) is 0.621. The first-order chi connectivity index (χ1) is 8.98. The van der Waals surface area contributed by atoms with Crippen molar-refractivity contribution < 1.29 is 9.72 Å². The van der Waals surface area contributed by atoms with Crippen molar-refractivity contribution in [3.63, 3.8) is 0 Å². The number of nitrogens with zero attached hydrogens (tertiary/aromatic N) is 1. The molecule has 19 heavy (non-hydrogen) atoms. The molecule has 6 heteroatoms. The van der Waals surface area contributed by atoms with Gasteiger partial charge in [0.1, 0.15) is 0 Å². The van der Waals surface area contributed by atoms with Crippen molar-refractivity contribution in [3.05, 3.63) is 39.9 Å². The Balaban J connectivity index is 1.81. The van der Waals surface area contributed by atoms with Crippen molar-refractivity contribution in [2.24, 2.45) is 5.73 Å². The highest BCUT2D eigenvalue weighted by Crippen LogP contribution is 2.31. The van der Waals surface area contributed by atoms with E-state index in [0.29, 0.717) is 13.0 Å². The van der Waals surface area contributed by atoms with E-state index in [-0.39, 0.29) is 17.1 Å². The molecule has 2 rings (SSSR count). The second-order valence-electron chi connectivity index (χ2n) is 5.09. The zero-order valence-electron chi connectivity index (χ0n) is 10.6. The molecular formula is C13H17N3O3. The van der Waals surface area contributed by atoms with Gasteiger partial charge in [0.25, 0.3) is 5.69 Å². The summed E-state index contributed by atoms with van der Waals surface area (Å²) in [5.74, 6) is -0.0689. The van der Waals surface area contributed by atoms with E-state index >= 15 is 0 Å². The highest BCUT2D eigenvalue weighted by Gasteiger charge is 2.34. The summed E-state index contributed by atoms with van der Waals surface area (Å²) < 4.78 is 0. The van der Waals surface area contributed by atoms with Crippen molar-refractivity contribution in [3.8, 4) is 0 Å². The molecule has 0 unspecified atom stereocenters. The summed E-state index contributed by atoms with van der Waals surface area (Å²) in [7, 11) is 0. The van der Waals surface area contributed by atoms with E-state index in [1.54, 1.807) is 12.1 Å². The maximum atomic E-state index is 11.7. The minimum atomic E-state index is -0.447. The predicted octanol–water partition coefficient (Wildman–Crippen LogP) is 1.48. The number of carbonyl (C=O) groups is 1. The molecule has 1 aromatic rings. The maximum absolute atomic E-state index is 11.7. The lowest BCUT2D eigenvalue weighted by atomic mass is 9.75. The van der Waals surface area contributed by atoms with E-state index in [1.165, 1.54) is 12.1 Å².